The van der Waals surface area contributed by atoms with Crippen LogP contribution in [0.15, 0.2) is 39.8 Å². The first-order valence-electron chi connectivity index (χ1n) is 6.18. The van der Waals surface area contributed by atoms with Crippen LogP contribution < -0.4 is 5.73 Å². The van der Waals surface area contributed by atoms with Crippen LogP contribution >= 0.6 is 0 Å². The third-order valence-corrected chi connectivity index (χ3v) is 5.11. The van der Waals surface area contributed by atoms with Gasteiger partial charge >= 0.3 is 0 Å². The molecule has 0 unspecified atom stereocenters. The summed E-state index contributed by atoms with van der Waals surface area (Å²) in [7, 11) is -1.99. The average molecular weight is 294 g/mol. The van der Waals surface area contributed by atoms with Gasteiger partial charge in [0, 0.05) is 24.8 Å². The van der Waals surface area contributed by atoms with Crippen molar-refractivity contribution in [3.63, 3.8) is 0 Å². The zero-order valence-electron chi connectivity index (χ0n) is 11.8. The molecule has 0 aliphatic heterocycles. The molecule has 2 aromatic rings. The van der Waals surface area contributed by atoms with E-state index in [0.717, 1.165) is 16.9 Å². The minimum atomic E-state index is -3.53. The van der Waals surface area contributed by atoms with Gasteiger partial charge in [0.25, 0.3) is 0 Å². The summed E-state index contributed by atoms with van der Waals surface area (Å²) < 4.78 is 31.5. The fourth-order valence-electron chi connectivity index (χ4n) is 1.89. The van der Waals surface area contributed by atoms with Crippen molar-refractivity contribution in [2.45, 2.75) is 25.3 Å². The fourth-order valence-corrected chi connectivity index (χ4v) is 3.12. The largest absolute Gasteiger partial charge is 0.469 e. The Bertz CT molecular complexity index is 720. The predicted octanol–water partition coefficient (Wildman–Crippen LogP) is 2.30. The maximum atomic E-state index is 12.5. The van der Waals surface area contributed by atoms with Crippen LogP contribution in [-0.2, 0) is 16.6 Å². The Kier molecular flexibility index (Phi) is 3.87. The van der Waals surface area contributed by atoms with Gasteiger partial charge in [0.05, 0.1) is 11.2 Å². The second-order valence-electron chi connectivity index (χ2n) is 4.78. The molecule has 0 fully saturated rings. The van der Waals surface area contributed by atoms with E-state index >= 15 is 0 Å². The molecule has 0 saturated heterocycles. The van der Waals surface area contributed by atoms with E-state index in [9.17, 15) is 8.42 Å². The molecule has 0 saturated carbocycles. The highest BCUT2D eigenvalue weighted by Crippen LogP contribution is 2.22. The Morgan fingerprint density at radius 2 is 1.95 bits per heavy atom. The minimum absolute atomic E-state index is 0.243. The number of rotatable bonds is 4. The Labute approximate surface area is 119 Å². The minimum Gasteiger partial charge on any atom is -0.469 e. The normalized spacial score (nSPS) is 12.0. The molecule has 1 heterocycles. The molecule has 0 atom stereocenters. The van der Waals surface area contributed by atoms with E-state index < -0.39 is 10.0 Å². The molecule has 0 spiro atoms. The molecule has 1 aromatic carbocycles. The topological polar surface area (TPSA) is 76.5 Å². The van der Waals surface area contributed by atoms with Crippen LogP contribution in [0.1, 0.15) is 16.9 Å². The van der Waals surface area contributed by atoms with E-state index in [-0.39, 0.29) is 11.4 Å². The number of nitrogens with zero attached hydrogens (tertiary/aromatic N) is 1. The van der Waals surface area contributed by atoms with E-state index in [0.29, 0.717) is 5.69 Å². The molecule has 0 aliphatic rings. The second-order valence-corrected chi connectivity index (χ2v) is 6.83. The lowest BCUT2D eigenvalue weighted by atomic mass is 10.2. The van der Waals surface area contributed by atoms with Gasteiger partial charge in [0.2, 0.25) is 10.0 Å². The van der Waals surface area contributed by atoms with Crippen LogP contribution in [0, 0.1) is 13.8 Å². The number of hydrogen-bond acceptors (Lipinski definition) is 4. The van der Waals surface area contributed by atoms with Gasteiger partial charge < -0.3 is 10.2 Å². The molecule has 0 amide bonds. The first-order chi connectivity index (χ1) is 9.32. The number of hydrogen-bond donors (Lipinski definition) is 1. The van der Waals surface area contributed by atoms with Crippen molar-refractivity contribution in [2.75, 3.05) is 12.8 Å². The highest BCUT2D eigenvalue weighted by atomic mass is 32.2. The fraction of sp³-hybridized carbons (Fsp3) is 0.286. The molecule has 2 N–H and O–H groups in total. The van der Waals surface area contributed by atoms with E-state index in [2.05, 4.69) is 0 Å². The van der Waals surface area contributed by atoms with E-state index in [1.165, 1.54) is 10.4 Å². The van der Waals surface area contributed by atoms with Crippen molar-refractivity contribution in [3.8, 4) is 0 Å². The van der Waals surface area contributed by atoms with Gasteiger partial charge in [-0.15, -0.1) is 0 Å². The van der Waals surface area contributed by atoms with Crippen molar-refractivity contribution in [1.82, 2.24) is 4.31 Å². The Balaban J connectivity index is 2.29. The van der Waals surface area contributed by atoms with Crippen molar-refractivity contribution in [3.05, 3.63) is 47.4 Å². The average Bonchev–Trinajstić information content (AvgIpc) is 2.78. The van der Waals surface area contributed by atoms with Crippen LogP contribution in [-0.4, -0.2) is 19.8 Å². The Hall–Kier alpha value is -1.79. The number of nitrogens with two attached hydrogens (primary N) is 1. The SMILES string of the molecule is Cc1cc(S(=O)(=O)N(C)Cc2ccoc2C)ccc1N. The molecule has 0 radical (unpaired) electrons. The van der Waals surface area contributed by atoms with Crippen molar-refractivity contribution in [2.24, 2.45) is 0 Å². The summed E-state index contributed by atoms with van der Waals surface area (Å²) in [4.78, 5) is 0.243. The summed E-state index contributed by atoms with van der Waals surface area (Å²) in [5.74, 6) is 0.723. The maximum Gasteiger partial charge on any atom is 0.243 e. The first kappa shape index (κ1) is 14.6. The molecule has 5 nitrogen and oxygen atoms in total. The lowest BCUT2D eigenvalue weighted by Gasteiger charge is -2.17. The van der Waals surface area contributed by atoms with Gasteiger partial charge in [-0.3, -0.25) is 0 Å². The zero-order chi connectivity index (χ0) is 14.9. The molecule has 0 bridgehead atoms. The van der Waals surface area contributed by atoms with Gasteiger partial charge in [-0.1, -0.05) is 0 Å². The van der Waals surface area contributed by atoms with E-state index in [1.54, 1.807) is 38.4 Å². The summed E-state index contributed by atoms with van der Waals surface area (Å²) in [6.07, 6.45) is 1.55. The number of benzene rings is 1. The van der Waals surface area contributed by atoms with Crippen LogP contribution in [0.25, 0.3) is 0 Å². The number of furan rings is 1. The molecule has 6 heteroatoms. The lowest BCUT2D eigenvalue weighted by Crippen LogP contribution is -2.26. The van der Waals surface area contributed by atoms with Gasteiger partial charge in [-0.2, -0.15) is 4.31 Å². The summed E-state index contributed by atoms with van der Waals surface area (Å²) >= 11 is 0. The molecular weight excluding hydrogens is 276 g/mol. The lowest BCUT2D eigenvalue weighted by molar-refractivity contribution is 0.459. The smallest absolute Gasteiger partial charge is 0.243 e. The van der Waals surface area contributed by atoms with Crippen LogP contribution in [0.3, 0.4) is 0 Å². The molecule has 0 aliphatic carbocycles. The summed E-state index contributed by atoms with van der Waals surface area (Å²) in [6.45, 7) is 3.87. The highest BCUT2D eigenvalue weighted by Gasteiger charge is 2.22. The van der Waals surface area contributed by atoms with E-state index in [4.69, 9.17) is 10.2 Å². The molecule has 2 rings (SSSR count). The standard InChI is InChI=1S/C14H18N2O3S/c1-10-8-13(4-5-14(10)15)20(17,18)16(3)9-12-6-7-19-11(12)2/h4-8H,9,15H2,1-3H3. The monoisotopic (exact) mass is 294 g/mol. The number of aryl methyl sites for hydroxylation is 2. The van der Waals surface area contributed by atoms with Crippen molar-refractivity contribution >= 4 is 15.7 Å². The molecule has 20 heavy (non-hydrogen) atoms. The van der Waals surface area contributed by atoms with Gasteiger partial charge in [0.15, 0.2) is 0 Å². The zero-order valence-corrected chi connectivity index (χ0v) is 12.6. The van der Waals surface area contributed by atoms with Crippen LogP contribution in [0.4, 0.5) is 5.69 Å². The summed E-state index contributed by atoms with van der Waals surface area (Å²) in [5.41, 5.74) is 7.90. The molecule has 1 aromatic heterocycles. The van der Waals surface area contributed by atoms with Crippen LogP contribution in [0.2, 0.25) is 0 Å². The Morgan fingerprint density at radius 3 is 2.50 bits per heavy atom. The second kappa shape index (κ2) is 5.30. The third-order valence-electron chi connectivity index (χ3n) is 3.31. The maximum absolute atomic E-state index is 12.5. The van der Waals surface area contributed by atoms with Crippen LogP contribution in [0.5, 0.6) is 0 Å². The Morgan fingerprint density at radius 1 is 1.25 bits per heavy atom. The summed E-state index contributed by atoms with van der Waals surface area (Å²) in [6, 6.07) is 6.49. The van der Waals surface area contributed by atoms with E-state index in [1.807, 2.05) is 6.92 Å². The molecule has 108 valence electrons. The van der Waals surface area contributed by atoms with Crippen molar-refractivity contribution in [1.29, 1.82) is 0 Å². The number of nitrogen functional groups attached to an aromatic ring is 1. The van der Waals surface area contributed by atoms with Gasteiger partial charge in [0.1, 0.15) is 5.76 Å². The highest BCUT2D eigenvalue weighted by molar-refractivity contribution is 7.89. The van der Waals surface area contributed by atoms with Gasteiger partial charge in [-0.25, -0.2) is 8.42 Å². The third kappa shape index (κ3) is 2.71. The van der Waals surface area contributed by atoms with Crippen molar-refractivity contribution < 1.29 is 12.8 Å². The molecular formula is C14H18N2O3S. The summed E-state index contributed by atoms with van der Waals surface area (Å²) in [5, 5.41) is 0. The quantitative estimate of drug-likeness (QED) is 0.878. The predicted molar refractivity (Wildman–Crippen MR) is 77.7 cm³/mol. The first-order valence-corrected chi connectivity index (χ1v) is 7.62. The number of sulfonamides is 1. The number of anilines is 1. The van der Waals surface area contributed by atoms with Gasteiger partial charge in [-0.05, 0) is 43.7 Å².